The molecule has 3 heterocycles. The van der Waals surface area contributed by atoms with Gasteiger partial charge in [0, 0.05) is 49.4 Å². The molecule has 0 aromatic heterocycles. The van der Waals surface area contributed by atoms with Crippen LogP contribution in [0, 0.1) is 23.1 Å². The molecule has 0 radical (unpaired) electrons. The van der Waals surface area contributed by atoms with Crippen LogP contribution in [0.1, 0.15) is 70.5 Å². The minimum absolute atomic E-state index is 0.0612. The van der Waals surface area contributed by atoms with Gasteiger partial charge in [0.15, 0.2) is 0 Å². The van der Waals surface area contributed by atoms with Crippen molar-refractivity contribution >= 4 is 46.7 Å². The fraction of sp³-hybridized carbons (Fsp3) is 0.531. The number of carbonyl (C=O) groups is 3. The van der Waals surface area contributed by atoms with E-state index in [2.05, 4.69) is 31.4 Å². The molecular formula is C32H39Cl2FN4O3. The van der Waals surface area contributed by atoms with Gasteiger partial charge in [-0.3, -0.25) is 9.59 Å². The number of carbonyl (C=O) groups excluding carboxylic acids is 3. The van der Waals surface area contributed by atoms with Crippen molar-refractivity contribution in [3.63, 3.8) is 0 Å². The summed E-state index contributed by atoms with van der Waals surface area (Å²) in [5.41, 5.74) is 0.0890. The molecule has 0 aliphatic carbocycles. The van der Waals surface area contributed by atoms with E-state index in [1.807, 2.05) is 11.0 Å². The number of benzene rings is 2. The zero-order chi connectivity index (χ0) is 30.4. The topological polar surface area (TPSA) is 81.8 Å². The molecule has 1 spiro atoms. The molecule has 10 heteroatoms. The summed E-state index contributed by atoms with van der Waals surface area (Å²) in [6.07, 6.45) is 3.19. The summed E-state index contributed by atoms with van der Waals surface area (Å²) >= 11 is 12.6. The maximum Gasteiger partial charge on any atom is 0.317 e. The second-order valence-corrected chi connectivity index (χ2v) is 14.0. The minimum atomic E-state index is -1.24. The molecule has 0 saturated carbocycles. The van der Waals surface area contributed by atoms with E-state index >= 15 is 4.39 Å². The molecule has 42 heavy (non-hydrogen) atoms. The molecular weight excluding hydrogens is 578 g/mol. The van der Waals surface area contributed by atoms with E-state index in [0.29, 0.717) is 35.2 Å². The van der Waals surface area contributed by atoms with Gasteiger partial charge in [0.25, 0.3) is 0 Å². The largest absolute Gasteiger partial charge is 0.343 e. The fourth-order valence-corrected chi connectivity index (χ4v) is 7.65. The zero-order valence-corrected chi connectivity index (χ0v) is 26.1. The highest BCUT2D eigenvalue weighted by molar-refractivity contribution is 6.31. The number of piperidine rings is 1. The van der Waals surface area contributed by atoms with Gasteiger partial charge in [0.05, 0.1) is 11.1 Å². The van der Waals surface area contributed by atoms with E-state index in [0.717, 1.165) is 32.4 Å². The van der Waals surface area contributed by atoms with Crippen LogP contribution >= 0.6 is 23.2 Å². The maximum absolute atomic E-state index is 15.9. The van der Waals surface area contributed by atoms with Gasteiger partial charge in [0.1, 0.15) is 11.2 Å². The lowest BCUT2D eigenvalue weighted by Crippen LogP contribution is -2.48. The van der Waals surface area contributed by atoms with E-state index in [1.54, 1.807) is 36.1 Å². The first-order valence-electron chi connectivity index (χ1n) is 14.7. The summed E-state index contributed by atoms with van der Waals surface area (Å²) in [7, 11) is 0. The van der Waals surface area contributed by atoms with Gasteiger partial charge in [-0.15, -0.1) is 0 Å². The second-order valence-electron chi connectivity index (χ2n) is 13.1. The summed E-state index contributed by atoms with van der Waals surface area (Å²) < 4.78 is 15.9. The highest BCUT2D eigenvalue weighted by Gasteiger charge is 2.65. The Morgan fingerprint density at radius 1 is 1.14 bits per heavy atom. The molecule has 3 aliphatic heterocycles. The van der Waals surface area contributed by atoms with E-state index in [9.17, 15) is 14.4 Å². The van der Waals surface area contributed by atoms with Gasteiger partial charge in [-0.2, -0.15) is 0 Å². The average molecular weight is 618 g/mol. The highest BCUT2D eigenvalue weighted by Crippen LogP contribution is 2.60. The Labute approximate surface area is 257 Å². The van der Waals surface area contributed by atoms with Crippen LogP contribution in [-0.2, 0) is 15.0 Å². The number of fused-ring (bicyclic) bond motifs is 2. The van der Waals surface area contributed by atoms with Crippen LogP contribution in [0.25, 0.3) is 0 Å². The lowest BCUT2D eigenvalue weighted by Gasteiger charge is -2.38. The Bertz CT molecular complexity index is 1390. The van der Waals surface area contributed by atoms with Crippen LogP contribution < -0.4 is 10.6 Å². The summed E-state index contributed by atoms with van der Waals surface area (Å²) in [5.74, 6) is -0.715. The summed E-state index contributed by atoms with van der Waals surface area (Å²) in [6, 6.07) is 8.76. The smallest absolute Gasteiger partial charge is 0.317 e. The summed E-state index contributed by atoms with van der Waals surface area (Å²) in [6.45, 7) is 10.1. The molecule has 4 amide bonds. The SMILES string of the molecule is CC(=O)N1CCC(CCNC(=O)N2CC(CC(C)(C)C)C3(C(=O)Nc4cc(Cl)ccc43)C2c2cccc(Cl)c2F)CC1. The van der Waals surface area contributed by atoms with Crippen molar-refractivity contribution in [2.45, 2.75) is 64.8 Å². The Morgan fingerprint density at radius 3 is 2.52 bits per heavy atom. The number of urea groups is 1. The van der Waals surface area contributed by atoms with E-state index in [1.165, 1.54) is 6.07 Å². The Kier molecular flexibility index (Phi) is 8.52. The molecule has 3 aliphatic rings. The first-order chi connectivity index (χ1) is 19.8. The van der Waals surface area contributed by atoms with Crippen LogP contribution in [0.15, 0.2) is 36.4 Å². The Morgan fingerprint density at radius 2 is 1.86 bits per heavy atom. The maximum atomic E-state index is 15.9. The summed E-state index contributed by atoms with van der Waals surface area (Å²) in [4.78, 5) is 43.4. The second kappa shape index (κ2) is 11.7. The quantitative estimate of drug-likeness (QED) is 0.388. The molecule has 2 fully saturated rings. The zero-order valence-electron chi connectivity index (χ0n) is 24.6. The third-order valence-corrected chi connectivity index (χ3v) is 9.67. The van der Waals surface area contributed by atoms with Crippen molar-refractivity contribution in [2.24, 2.45) is 17.3 Å². The lowest BCUT2D eigenvalue weighted by molar-refractivity contribution is -0.130. The van der Waals surface area contributed by atoms with Crippen LogP contribution in [0.2, 0.25) is 10.0 Å². The number of hydrogen-bond donors (Lipinski definition) is 2. The van der Waals surface area contributed by atoms with Crippen molar-refractivity contribution in [1.29, 1.82) is 0 Å². The molecule has 7 nitrogen and oxygen atoms in total. The minimum Gasteiger partial charge on any atom is -0.343 e. The van der Waals surface area contributed by atoms with Crippen molar-refractivity contribution in [3.8, 4) is 0 Å². The predicted octanol–water partition coefficient (Wildman–Crippen LogP) is 6.79. The number of halogens is 3. The number of hydrogen-bond acceptors (Lipinski definition) is 3. The first-order valence-corrected chi connectivity index (χ1v) is 15.4. The number of anilines is 1. The lowest BCUT2D eigenvalue weighted by atomic mass is 9.63. The Balaban J connectivity index is 1.50. The number of rotatable bonds is 5. The molecule has 3 atom stereocenters. The van der Waals surface area contributed by atoms with E-state index < -0.39 is 17.3 Å². The van der Waals surface area contributed by atoms with Gasteiger partial charge in [0.2, 0.25) is 11.8 Å². The number of nitrogens with one attached hydrogen (secondary N) is 2. The standard InChI is InChI=1S/C32H39Cl2FN4O3/c1-19(40)38-14-11-20(12-15-38)10-13-36-30(42)39-18-21(17-31(2,3)4)32(28(39)23-6-5-7-25(34)27(23)35)24-9-8-22(33)16-26(24)37-29(32)41/h5-9,16,20-21,28H,10-15,17-18H2,1-4H3,(H,36,42)(H,37,41). The average Bonchev–Trinajstić information content (AvgIpc) is 3.39. The fourth-order valence-electron chi connectivity index (χ4n) is 7.29. The van der Waals surface area contributed by atoms with Gasteiger partial charge in [-0.05, 0) is 66.7 Å². The third kappa shape index (κ3) is 5.60. The molecule has 2 aromatic rings. The van der Waals surface area contributed by atoms with Crippen LogP contribution in [0.3, 0.4) is 0 Å². The van der Waals surface area contributed by atoms with Crippen LogP contribution in [-0.4, -0.2) is 53.8 Å². The van der Waals surface area contributed by atoms with Crippen LogP contribution in [0.4, 0.5) is 14.9 Å². The van der Waals surface area contributed by atoms with Gasteiger partial charge in [-0.25, -0.2) is 9.18 Å². The van der Waals surface area contributed by atoms with Crippen LogP contribution in [0.5, 0.6) is 0 Å². The molecule has 2 saturated heterocycles. The predicted molar refractivity (Wildman–Crippen MR) is 163 cm³/mol. The first kappa shape index (κ1) is 30.6. The number of nitrogens with zero attached hydrogens (tertiary/aromatic N) is 2. The van der Waals surface area contributed by atoms with Crippen molar-refractivity contribution < 1.29 is 18.8 Å². The normalized spacial score (nSPS) is 24.2. The van der Waals surface area contributed by atoms with Crippen molar-refractivity contribution in [1.82, 2.24) is 15.1 Å². The molecule has 5 rings (SSSR count). The number of likely N-dealkylation sites (tertiary alicyclic amines) is 2. The molecule has 0 bridgehead atoms. The number of amides is 4. The Hall–Kier alpha value is -2.84. The monoisotopic (exact) mass is 616 g/mol. The van der Waals surface area contributed by atoms with Crippen molar-refractivity contribution in [2.75, 3.05) is 31.5 Å². The van der Waals surface area contributed by atoms with Crippen molar-refractivity contribution in [3.05, 3.63) is 63.4 Å². The van der Waals surface area contributed by atoms with Gasteiger partial charge < -0.3 is 20.4 Å². The molecule has 2 N–H and O–H groups in total. The third-order valence-electron chi connectivity index (χ3n) is 9.14. The van der Waals surface area contributed by atoms with Gasteiger partial charge >= 0.3 is 6.03 Å². The van der Waals surface area contributed by atoms with Gasteiger partial charge in [-0.1, -0.05) is 62.2 Å². The highest BCUT2D eigenvalue weighted by atomic mass is 35.5. The molecule has 226 valence electrons. The van der Waals surface area contributed by atoms with E-state index in [-0.39, 0.29) is 46.3 Å². The summed E-state index contributed by atoms with van der Waals surface area (Å²) in [5, 5.41) is 6.50. The molecule has 2 aromatic carbocycles. The van der Waals surface area contributed by atoms with E-state index in [4.69, 9.17) is 23.2 Å². The molecule has 3 unspecified atom stereocenters.